The average Bonchev–Trinajstić information content (AvgIpc) is 2.41. The maximum Gasteiger partial charge on any atom is 0.167 e. The maximum absolute atomic E-state index is 13.7. The van der Waals surface area contributed by atoms with Gasteiger partial charge in [0.15, 0.2) is 5.78 Å². The average molecular weight is 277 g/mol. The Labute approximate surface area is 117 Å². The Morgan fingerprint density at radius 2 is 1.89 bits per heavy atom. The third kappa shape index (κ3) is 3.21. The molecule has 98 valence electrons. The van der Waals surface area contributed by atoms with E-state index in [2.05, 4.69) is 0 Å². The SMILES string of the molecule is CCc1ccccc1C(=O)Cc1ccc(Cl)cc1F. The minimum absolute atomic E-state index is 0.0556. The molecule has 2 rings (SSSR count). The van der Waals surface area contributed by atoms with Gasteiger partial charge in [0.05, 0.1) is 0 Å². The van der Waals surface area contributed by atoms with Gasteiger partial charge < -0.3 is 0 Å². The topological polar surface area (TPSA) is 17.1 Å². The van der Waals surface area contributed by atoms with E-state index < -0.39 is 5.82 Å². The van der Waals surface area contributed by atoms with Gasteiger partial charge in [0.1, 0.15) is 5.82 Å². The molecule has 1 nitrogen and oxygen atoms in total. The highest BCUT2D eigenvalue weighted by atomic mass is 35.5. The van der Waals surface area contributed by atoms with Gasteiger partial charge in [-0.2, -0.15) is 0 Å². The maximum atomic E-state index is 13.7. The summed E-state index contributed by atoms with van der Waals surface area (Å²) >= 11 is 5.69. The van der Waals surface area contributed by atoms with Crippen LogP contribution >= 0.6 is 11.6 Å². The quantitative estimate of drug-likeness (QED) is 0.753. The largest absolute Gasteiger partial charge is 0.294 e. The molecule has 0 aliphatic rings. The van der Waals surface area contributed by atoms with E-state index in [1.165, 1.54) is 6.07 Å². The summed E-state index contributed by atoms with van der Waals surface area (Å²) in [5.41, 5.74) is 2.03. The van der Waals surface area contributed by atoms with Crippen molar-refractivity contribution < 1.29 is 9.18 Å². The van der Waals surface area contributed by atoms with Gasteiger partial charge in [-0.15, -0.1) is 0 Å². The van der Waals surface area contributed by atoms with E-state index in [0.29, 0.717) is 16.1 Å². The number of halogens is 2. The normalized spacial score (nSPS) is 10.5. The number of carbonyl (C=O) groups excluding carboxylic acids is 1. The third-order valence-electron chi connectivity index (χ3n) is 3.06. The monoisotopic (exact) mass is 276 g/mol. The van der Waals surface area contributed by atoms with Crippen molar-refractivity contribution in [2.75, 3.05) is 0 Å². The van der Waals surface area contributed by atoms with Crippen LogP contribution in [0.2, 0.25) is 5.02 Å². The van der Waals surface area contributed by atoms with E-state index in [4.69, 9.17) is 11.6 Å². The molecule has 0 N–H and O–H groups in total. The second-order valence-corrected chi connectivity index (χ2v) is 4.78. The summed E-state index contributed by atoms with van der Waals surface area (Å²) in [5, 5.41) is 0.336. The molecule has 0 saturated heterocycles. The van der Waals surface area contributed by atoms with E-state index >= 15 is 0 Å². The lowest BCUT2D eigenvalue weighted by Crippen LogP contribution is -2.08. The van der Waals surface area contributed by atoms with Gasteiger partial charge >= 0.3 is 0 Å². The fourth-order valence-corrected chi connectivity index (χ4v) is 2.19. The predicted octanol–water partition coefficient (Wildman–Crippen LogP) is 4.47. The molecule has 0 fully saturated rings. The second kappa shape index (κ2) is 5.98. The number of benzene rings is 2. The molecule has 2 aromatic carbocycles. The molecule has 0 atom stereocenters. The zero-order valence-electron chi connectivity index (χ0n) is 10.6. The molecule has 3 heteroatoms. The van der Waals surface area contributed by atoms with Crippen LogP contribution in [0.4, 0.5) is 4.39 Å². The van der Waals surface area contributed by atoms with Crippen LogP contribution in [-0.4, -0.2) is 5.78 Å². The van der Waals surface area contributed by atoms with E-state index in [1.54, 1.807) is 18.2 Å². The number of aryl methyl sites for hydroxylation is 1. The molecule has 0 aliphatic carbocycles. The van der Waals surface area contributed by atoms with Crippen LogP contribution in [0.3, 0.4) is 0 Å². The molecule has 0 unspecified atom stereocenters. The van der Waals surface area contributed by atoms with Crippen molar-refractivity contribution in [1.29, 1.82) is 0 Å². The molecular formula is C16H14ClFO. The zero-order chi connectivity index (χ0) is 13.8. The first-order valence-corrected chi connectivity index (χ1v) is 6.54. The summed E-state index contributed by atoms with van der Waals surface area (Å²) in [6, 6.07) is 11.8. The predicted molar refractivity (Wildman–Crippen MR) is 75.3 cm³/mol. The minimum Gasteiger partial charge on any atom is -0.294 e. The van der Waals surface area contributed by atoms with E-state index in [-0.39, 0.29) is 12.2 Å². The lowest BCUT2D eigenvalue weighted by molar-refractivity contribution is 0.0991. The summed E-state index contributed by atoms with van der Waals surface area (Å²) in [5.74, 6) is -0.506. The Kier molecular flexibility index (Phi) is 4.33. The zero-order valence-corrected chi connectivity index (χ0v) is 11.4. The Bertz CT molecular complexity index is 607. The fraction of sp³-hybridized carbons (Fsp3) is 0.188. The van der Waals surface area contributed by atoms with Gasteiger partial charge in [-0.05, 0) is 29.7 Å². The molecule has 0 aromatic heterocycles. The molecule has 0 saturated carbocycles. The number of carbonyl (C=O) groups is 1. The molecule has 0 radical (unpaired) electrons. The smallest absolute Gasteiger partial charge is 0.167 e. The molecule has 0 bridgehead atoms. The van der Waals surface area contributed by atoms with E-state index in [0.717, 1.165) is 12.0 Å². The number of rotatable bonds is 4. The van der Waals surface area contributed by atoms with Gasteiger partial charge in [0, 0.05) is 17.0 Å². The first-order valence-electron chi connectivity index (χ1n) is 6.17. The number of ketones is 1. The van der Waals surface area contributed by atoms with Crippen LogP contribution in [0.15, 0.2) is 42.5 Å². The summed E-state index contributed by atoms with van der Waals surface area (Å²) < 4.78 is 13.7. The van der Waals surface area contributed by atoms with Crippen molar-refractivity contribution in [3.05, 3.63) is 70.0 Å². The van der Waals surface area contributed by atoms with Crippen LogP contribution in [0.25, 0.3) is 0 Å². The standard InChI is InChI=1S/C16H14ClFO/c1-2-11-5-3-4-6-14(11)16(19)9-12-7-8-13(17)10-15(12)18/h3-8,10H,2,9H2,1H3. The summed E-state index contributed by atoms with van der Waals surface area (Å²) in [7, 11) is 0. The first-order chi connectivity index (χ1) is 9.11. The highest BCUT2D eigenvalue weighted by Crippen LogP contribution is 2.18. The number of hydrogen-bond acceptors (Lipinski definition) is 1. The van der Waals surface area contributed by atoms with Crippen molar-refractivity contribution in [3.63, 3.8) is 0 Å². The van der Waals surface area contributed by atoms with Crippen molar-refractivity contribution in [3.8, 4) is 0 Å². The third-order valence-corrected chi connectivity index (χ3v) is 3.30. The second-order valence-electron chi connectivity index (χ2n) is 4.35. The molecular weight excluding hydrogens is 263 g/mol. The lowest BCUT2D eigenvalue weighted by atomic mass is 9.97. The van der Waals surface area contributed by atoms with Gasteiger partial charge in [-0.1, -0.05) is 48.9 Å². The van der Waals surface area contributed by atoms with Crippen molar-refractivity contribution >= 4 is 17.4 Å². The van der Waals surface area contributed by atoms with Crippen LogP contribution < -0.4 is 0 Å². The van der Waals surface area contributed by atoms with Crippen molar-refractivity contribution in [1.82, 2.24) is 0 Å². The van der Waals surface area contributed by atoms with Crippen molar-refractivity contribution in [2.45, 2.75) is 19.8 Å². The molecule has 0 aliphatic heterocycles. The van der Waals surface area contributed by atoms with Gasteiger partial charge in [-0.3, -0.25) is 4.79 Å². The molecule has 0 amide bonds. The van der Waals surface area contributed by atoms with Crippen LogP contribution in [0, 0.1) is 5.82 Å². The minimum atomic E-state index is -0.435. The summed E-state index contributed by atoms with van der Waals surface area (Å²) in [6.07, 6.45) is 0.838. The number of hydrogen-bond donors (Lipinski definition) is 0. The summed E-state index contributed by atoms with van der Waals surface area (Å²) in [6.45, 7) is 2.00. The van der Waals surface area contributed by atoms with Crippen LogP contribution in [0.5, 0.6) is 0 Å². The van der Waals surface area contributed by atoms with Crippen LogP contribution in [-0.2, 0) is 12.8 Å². The van der Waals surface area contributed by atoms with Gasteiger partial charge in [-0.25, -0.2) is 4.39 Å². The highest BCUT2D eigenvalue weighted by molar-refractivity contribution is 6.30. The lowest BCUT2D eigenvalue weighted by Gasteiger charge is -2.07. The Balaban J connectivity index is 2.26. The van der Waals surface area contributed by atoms with Crippen molar-refractivity contribution in [2.24, 2.45) is 0 Å². The van der Waals surface area contributed by atoms with E-state index in [1.807, 2.05) is 25.1 Å². The molecule has 0 heterocycles. The molecule has 2 aromatic rings. The van der Waals surface area contributed by atoms with Gasteiger partial charge in [0.25, 0.3) is 0 Å². The number of Topliss-reactive ketones (excluding diaryl/α,β-unsaturated/α-hetero) is 1. The fourth-order valence-electron chi connectivity index (χ4n) is 2.03. The summed E-state index contributed by atoms with van der Waals surface area (Å²) in [4.78, 5) is 12.2. The van der Waals surface area contributed by atoms with Gasteiger partial charge in [0.2, 0.25) is 0 Å². The molecule has 19 heavy (non-hydrogen) atoms. The molecule has 0 spiro atoms. The van der Waals surface area contributed by atoms with E-state index in [9.17, 15) is 9.18 Å². The Hall–Kier alpha value is -1.67. The Morgan fingerprint density at radius 1 is 1.16 bits per heavy atom. The Morgan fingerprint density at radius 3 is 2.58 bits per heavy atom. The first kappa shape index (κ1) is 13.8. The highest BCUT2D eigenvalue weighted by Gasteiger charge is 2.13. The van der Waals surface area contributed by atoms with Crippen LogP contribution in [0.1, 0.15) is 28.4 Å².